The van der Waals surface area contributed by atoms with E-state index in [1.165, 1.54) is 18.2 Å². The monoisotopic (exact) mass is 341 g/mol. The molecule has 1 aliphatic heterocycles. The van der Waals surface area contributed by atoms with E-state index in [9.17, 15) is 14.0 Å². The summed E-state index contributed by atoms with van der Waals surface area (Å²) in [5.74, 6) is -0.994. The molecule has 25 heavy (non-hydrogen) atoms. The van der Waals surface area contributed by atoms with E-state index in [0.717, 1.165) is 18.7 Å². The number of halogens is 1. The van der Waals surface area contributed by atoms with Gasteiger partial charge in [0, 0.05) is 25.6 Å². The lowest BCUT2D eigenvalue weighted by Crippen LogP contribution is -2.48. The Hall–Kier alpha value is -2.73. The van der Waals surface area contributed by atoms with Gasteiger partial charge in [0.15, 0.2) is 0 Å². The predicted octanol–water partition coefficient (Wildman–Crippen LogP) is 2.34. The van der Waals surface area contributed by atoms with Crippen molar-refractivity contribution in [1.29, 1.82) is 0 Å². The molecule has 0 aromatic heterocycles. The predicted molar refractivity (Wildman–Crippen MR) is 94.2 cm³/mol. The third-order valence-electron chi connectivity index (χ3n) is 4.29. The standard InChI is InChI=1S/C19H20FN3O2/c1-12-5-4-7-15(18(24)22-11-13-9-21-10-13)17(12)23-19(25)14-6-2-3-8-16(14)20/h2-8,13,21H,9-11H2,1H3,(H,22,24)(H,23,25). The summed E-state index contributed by atoms with van der Waals surface area (Å²) in [6, 6.07) is 11.0. The van der Waals surface area contributed by atoms with E-state index < -0.39 is 11.7 Å². The van der Waals surface area contributed by atoms with E-state index in [4.69, 9.17) is 0 Å². The van der Waals surface area contributed by atoms with Gasteiger partial charge in [0.25, 0.3) is 11.8 Å². The van der Waals surface area contributed by atoms with Gasteiger partial charge in [0.2, 0.25) is 0 Å². The first-order valence-corrected chi connectivity index (χ1v) is 8.20. The maximum Gasteiger partial charge on any atom is 0.258 e. The summed E-state index contributed by atoms with van der Waals surface area (Å²) in [4.78, 5) is 24.9. The number of para-hydroxylation sites is 1. The molecule has 1 saturated heterocycles. The Balaban J connectivity index is 1.79. The first kappa shape index (κ1) is 17.1. The fourth-order valence-electron chi connectivity index (χ4n) is 2.67. The quantitative estimate of drug-likeness (QED) is 0.782. The molecule has 0 unspecified atom stereocenters. The molecule has 0 aliphatic carbocycles. The second kappa shape index (κ2) is 7.44. The molecule has 6 heteroatoms. The smallest absolute Gasteiger partial charge is 0.258 e. The summed E-state index contributed by atoms with van der Waals surface area (Å²) in [6.07, 6.45) is 0. The zero-order valence-corrected chi connectivity index (χ0v) is 13.9. The molecule has 2 amide bonds. The van der Waals surface area contributed by atoms with Gasteiger partial charge < -0.3 is 16.0 Å². The molecule has 2 aromatic rings. The van der Waals surface area contributed by atoms with Gasteiger partial charge in [-0.1, -0.05) is 24.3 Å². The molecule has 0 atom stereocenters. The summed E-state index contributed by atoms with van der Waals surface area (Å²) in [5, 5.41) is 8.72. The van der Waals surface area contributed by atoms with Crippen molar-refractivity contribution in [3.8, 4) is 0 Å². The number of nitrogens with one attached hydrogen (secondary N) is 3. The SMILES string of the molecule is Cc1cccc(C(=O)NCC2CNC2)c1NC(=O)c1ccccc1F. The highest BCUT2D eigenvalue weighted by molar-refractivity contribution is 6.09. The van der Waals surface area contributed by atoms with Crippen LogP contribution in [0.25, 0.3) is 0 Å². The van der Waals surface area contributed by atoms with Crippen molar-refractivity contribution in [2.75, 3.05) is 25.0 Å². The molecule has 0 radical (unpaired) electrons. The molecule has 1 fully saturated rings. The van der Waals surface area contributed by atoms with Gasteiger partial charge >= 0.3 is 0 Å². The maximum atomic E-state index is 13.8. The van der Waals surface area contributed by atoms with Crippen molar-refractivity contribution in [3.05, 3.63) is 65.0 Å². The van der Waals surface area contributed by atoms with Gasteiger partial charge in [-0.05, 0) is 30.7 Å². The number of benzene rings is 2. The minimum atomic E-state index is -0.600. The molecule has 130 valence electrons. The average Bonchev–Trinajstić information content (AvgIpc) is 2.55. The van der Waals surface area contributed by atoms with Crippen molar-refractivity contribution in [2.45, 2.75) is 6.92 Å². The van der Waals surface area contributed by atoms with Crippen LogP contribution >= 0.6 is 0 Å². The molecule has 5 nitrogen and oxygen atoms in total. The Morgan fingerprint density at radius 3 is 2.48 bits per heavy atom. The minimum absolute atomic E-state index is 0.0577. The summed E-state index contributed by atoms with van der Waals surface area (Å²) >= 11 is 0. The van der Waals surface area contributed by atoms with Crippen molar-refractivity contribution in [3.63, 3.8) is 0 Å². The third-order valence-corrected chi connectivity index (χ3v) is 4.29. The van der Waals surface area contributed by atoms with Crippen molar-refractivity contribution >= 4 is 17.5 Å². The summed E-state index contributed by atoms with van der Waals surface area (Å²) in [5.41, 5.74) is 1.46. The molecule has 1 aliphatic rings. The van der Waals surface area contributed by atoms with Crippen LogP contribution < -0.4 is 16.0 Å². The number of carbonyl (C=O) groups excluding carboxylic acids is 2. The molecule has 0 bridgehead atoms. The Morgan fingerprint density at radius 1 is 1.08 bits per heavy atom. The first-order chi connectivity index (χ1) is 12.1. The third kappa shape index (κ3) is 3.85. The van der Waals surface area contributed by atoms with Crippen molar-refractivity contribution < 1.29 is 14.0 Å². The largest absolute Gasteiger partial charge is 0.352 e. The maximum absolute atomic E-state index is 13.8. The number of anilines is 1. The summed E-state index contributed by atoms with van der Waals surface area (Å²) < 4.78 is 13.8. The van der Waals surface area contributed by atoms with Gasteiger partial charge in [-0.2, -0.15) is 0 Å². The lowest BCUT2D eigenvalue weighted by molar-refractivity contribution is 0.0943. The number of amides is 2. The topological polar surface area (TPSA) is 70.2 Å². The van der Waals surface area contributed by atoms with Gasteiger partial charge in [-0.3, -0.25) is 9.59 Å². The lowest BCUT2D eigenvalue weighted by Gasteiger charge is -2.27. The second-order valence-electron chi connectivity index (χ2n) is 6.17. The normalized spacial score (nSPS) is 13.8. The molecular weight excluding hydrogens is 321 g/mol. The molecule has 1 heterocycles. The number of hydrogen-bond donors (Lipinski definition) is 3. The average molecular weight is 341 g/mol. The number of aryl methyl sites for hydroxylation is 1. The summed E-state index contributed by atoms with van der Waals surface area (Å²) in [7, 11) is 0. The Morgan fingerprint density at radius 2 is 1.80 bits per heavy atom. The van der Waals surface area contributed by atoms with Crippen LogP contribution in [-0.2, 0) is 0 Å². The Bertz CT molecular complexity index is 803. The zero-order chi connectivity index (χ0) is 17.8. The molecule has 0 saturated carbocycles. The Kier molecular flexibility index (Phi) is 5.09. The highest BCUT2D eigenvalue weighted by Crippen LogP contribution is 2.22. The van der Waals surface area contributed by atoms with E-state index in [-0.39, 0.29) is 11.5 Å². The van der Waals surface area contributed by atoms with Crippen LogP contribution in [0.4, 0.5) is 10.1 Å². The van der Waals surface area contributed by atoms with Gasteiger partial charge in [-0.15, -0.1) is 0 Å². The zero-order valence-electron chi connectivity index (χ0n) is 13.9. The van der Waals surface area contributed by atoms with Gasteiger partial charge in [-0.25, -0.2) is 4.39 Å². The van der Waals surface area contributed by atoms with E-state index in [2.05, 4.69) is 16.0 Å². The molecule has 0 spiro atoms. The van der Waals surface area contributed by atoms with Crippen LogP contribution in [0.5, 0.6) is 0 Å². The first-order valence-electron chi connectivity index (χ1n) is 8.20. The van der Waals surface area contributed by atoms with Crippen molar-refractivity contribution in [2.24, 2.45) is 5.92 Å². The molecule has 3 N–H and O–H groups in total. The van der Waals surface area contributed by atoms with E-state index in [1.807, 2.05) is 0 Å². The van der Waals surface area contributed by atoms with Crippen LogP contribution in [0.1, 0.15) is 26.3 Å². The van der Waals surface area contributed by atoms with Crippen molar-refractivity contribution in [1.82, 2.24) is 10.6 Å². The van der Waals surface area contributed by atoms with E-state index in [1.54, 1.807) is 31.2 Å². The van der Waals surface area contributed by atoms with Crippen LogP contribution in [0, 0.1) is 18.7 Å². The van der Waals surface area contributed by atoms with Crippen LogP contribution in [0.2, 0.25) is 0 Å². The fourth-order valence-corrected chi connectivity index (χ4v) is 2.67. The number of carbonyl (C=O) groups is 2. The van der Waals surface area contributed by atoms with Gasteiger partial charge in [0.1, 0.15) is 5.82 Å². The molecular formula is C19H20FN3O2. The van der Waals surface area contributed by atoms with Crippen LogP contribution in [-0.4, -0.2) is 31.4 Å². The van der Waals surface area contributed by atoms with E-state index >= 15 is 0 Å². The number of hydrogen-bond acceptors (Lipinski definition) is 3. The highest BCUT2D eigenvalue weighted by Gasteiger charge is 2.20. The fraction of sp³-hybridized carbons (Fsp3) is 0.263. The summed E-state index contributed by atoms with van der Waals surface area (Å²) in [6.45, 7) is 4.17. The molecule has 2 aromatic carbocycles. The highest BCUT2D eigenvalue weighted by atomic mass is 19.1. The lowest BCUT2D eigenvalue weighted by atomic mass is 10.0. The second-order valence-corrected chi connectivity index (χ2v) is 6.17. The van der Waals surface area contributed by atoms with E-state index in [0.29, 0.717) is 23.7 Å². The molecule has 3 rings (SSSR count). The Labute approximate surface area is 145 Å². The minimum Gasteiger partial charge on any atom is -0.352 e. The van der Waals surface area contributed by atoms with Crippen LogP contribution in [0.3, 0.4) is 0 Å². The number of rotatable bonds is 5. The van der Waals surface area contributed by atoms with Gasteiger partial charge in [0.05, 0.1) is 16.8 Å². The van der Waals surface area contributed by atoms with Crippen LogP contribution in [0.15, 0.2) is 42.5 Å².